The number of halogens is 3. The number of hydrogen-bond donors (Lipinski definition) is 0. The van der Waals surface area contributed by atoms with Gasteiger partial charge >= 0.3 is 6.18 Å². The quantitative estimate of drug-likeness (QED) is 0.747. The second kappa shape index (κ2) is 4.63. The Balaban J connectivity index is 2.83. The van der Waals surface area contributed by atoms with Crippen molar-refractivity contribution in [3.05, 3.63) is 29.6 Å². The molecule has 0 saturated heterocycles. The molecule has 0 fully saturated rings. The average Bonchev–Trinajstić information content (AvgIpc) is 2.15. The van der Waals surface area contributed by atoms with E-state index in [1.807, 2.05) is 13.8 Å². The molecule has 1 rings (SSSR count). The first-order valence-corrected chi connectivity index (χ1v) is 4.87. The Bertz CT molecular complexity index is 368. The minimum atomic E-state index is -4.41. The van der Waals surface area contributed by atoms with Crippen LogP contribution in [0.15, 0.2) is 18.3 Å². The summed E-state index contributed by atoms with van der Waals surface area (Å²) >= 11 is 0. The number of carbonyl (C=O) groups excluding carboxylic acids is 1. The number of nitrogens with zero attached hydrogens (tertiary/aromatic N) is 1. The molecule has 0 spiro atoms. The minimum Gasteiger partial charge on any atom is -0.292 e. The number of ketones is 1. The van der Waals surface area contributed by atoms with Gasteiger partial charge in [-0.3, -0.25) is 9.78 Å². The zero-order valence-corrected chi connectivity index (χ0v) is 9.01. The highest BCUT2D eigenvalue weighted by molar-refractivity contribution is 5.94. The zero-order chi connectivity index (χ0) is 12.3. The fourth-order valence-electron chi connectivity index (χ4n) is 1.20. The molecule has 1 aromatic rings. The molecular weight excluding hydrogens is 219 g/mol. The molecule has 0 saturated carbocycles. The molecule has 0 aliphatic rings. The summed E-state index contributed by atoms with van der Waals surface area (Å²) in [5, 5.41) is 0. The first-order chi connectivity index (χ1) is 7.30. The van der Waals surface area contributed by atoms with Gasteiger partial charge in [0.15, 0.2) is 5.78 Å². The number of carbonyl (C=O) groups is 1. The van der Waals surface area contributed by atoms with Gasteiger partial charge in [0.2, 0.25) is 0 Å². The molecule has 16 heavy (non-hydrogen) atoms. The van der Waals surface area contributed by atoms with Crippen LogP contribution in [-0.4, -0.2) is 10.8 Å². The molecule has 0 aliphatic carbocycles. The van der Waals surface area contributed by atoms with Gasteiger partial charge in [-0.05, 0) is 18.1 Å². The number of hydrogen-bond acceptors (Lipinski definition) is 2. The van der Waals surface area contributed by atoms with Crippen LogP contribution in [0.5, 0.6) is 0 Å². The van der Waals surface area contributed by atoms with E-state index in [4.69, 9.17) is 0 Å². The number of rotatable bonds is 3. The number of aromatic nitrogens is 1. The van der Waals surface area contributed by atoms with Crippen LogP contribution in [0.25, 0.3) is 0 Å². The molecular formula is C11H12F3NO. The Hall–Kier alpha value is -1.39. The molecule has 1 aromatic heterocycles. The highest BCUT2D eigenvalue weighted by Crippen LogP contribution is 2.28. The molecule has 0 unspecified atom stereocenters. The van der Waals surface area contributed by atoms with Crippen molar-refractivity contribution in [2.45, 2.75) is 26.4 Å². The molecule has 5 heteroatoms. The van der Waals surface area contributed by atoms with Gasteiger partial charge in [-0.1, -0.05) is 13.8 Å². The Labute approximate surface area is 91.5 Å². The van der Waals surface area contributed by atoms with Crippen LogP contribution < -0.4 is 0 Å². The second-order valence-electron chi connectivity index (χ2n) is 3.95. The fourth-order valence-corrected chi connectivity index (χ4v) is 1.20. The fraction of sp³-hybridized carbons (Fsp3) is 0.455. The lowest BCUT2D eigenvalue weighted by atomic mass is 10.0. The molecule has 88 valence electrons. The standard InChI is InChI=1S/C11H12F3NO/c1-7(2)5-10(16)9-4-3-8(6-15-9)11(12,13)14/h3-4,6-7H,5H2,1-2H3. The second-order valence-corrected chi connectivity index (χ2v) is 3.95. The third kappa shape index (κ3) is 3.32. The molecule has 0 aliphatic heterocycles. The van der Waals surface area contributed by atoms with Crippen LogP contribution in [0, 0.1) is 5.92 Å². The predicted octanol–water partition coefficient (Wildman–Crippen LogP) is 3.33. The summed E-state index contributed by atoms with van der Waals surface area (Å²) in [7, 11) is 0. The normalized spacial score (nSPS) is 11.9. The summed E-state index contributed by atoms with van der Waals surface area (Å²) < 4.78 is 36.6. The van der Waals surface area contributed by atoms with E-state index in [0.717, 1.165) is 12.1 Å². The van der Waals surface area contributed by atoms with E-state index in [1.54, 1.807) is 0 Å². The van der Waals surface area contributed by atoms with Gasteiger partial charge in [-0.25, -0.2) is 0 Å². The van der Waals surface area contributed by atoms with Crippen molar-refractivity contribution in [1.29, 1.82) is 0 Å². The molecule has 0 bridgehead atoms. The van der Waals surface area contributed by atoms with Crippen molar-refractivity contribution < 1.29 is 18.0 Å². The smallest absolute Gasteiger partial charge is 0.292 e. The Morgan fingerprint density at radius 3 is 2.38 bits per heavy atom. The molecule has 0 amide bonds. The van der Waals surface area contributed by atoms with Gasteiger partial charge in [-0.2, -0.15) is 13.2 Å². The van der Waals surface area contributed by atoms with Gasteiger partial charge in [0, 0.05) is 12.6 Å². The zero-order valence-electron chi connectivity index (χ0n) is 9.01. The lowest BCUT2D eigenvalue weighted by Gasteiger charge is -2.07. The Kier molecular flexibility index (Phi) is 3.67. The SMILES string of the molecule is CC(C)CC(=O)c1ccc(C(F)(F)F)cn1. The van der Waals surface area contributed by atoms with E-state index in [0.29, 0.717) is 12.6 Å². The van der Waals surface area contributed by atoms with Crippen LogP contribution in [0.1, 0.15) is 36.3 Å². The maximum absolute atomic E-state index is 12.2. The highest BCUT2D eigenvalue weighted by atomic mass is 19.4. The summed E-state index contributed by atoms with van der Waals surface area (Å²) in [5.74, 6) is -0.0692. The molecule has 1 heterocycles. The monoisotopic (exact) mass is 231 g/mol. The maximum Gasteiger partial charge on any atom is 0.417 e. The third-order valence-corrected chi connectivity index (χ3v) is 1.97. The molecule has 2 nitrogen and oxygen atoms in total. The van der Waals surface area contributed by atoms with E-state index in [-0.39, 0.29) is 17.4 Å². The molecule has 0 radical (unpaired) electrons. The van der Waals surface area contributed by atoms with E-state index < -0.39 is 11.7 Å². The van der Waals surface area contributed by atoms with E-state index in [9.17, 15) is 18.0 Å². The Morgan fingerprint density at radius 2 is 2.00 bits per heavy atom. The van der Waals surface area contributed by atoms with Crippen molar-refractivity contribution in [3.63, 3.8) is 0 Å². The van der Waals surface area contributed by atoms with Gasteiger partial charge in [0.1, 0.15) is 5.69 Å². The van der Waals surface area contributed by atoms with Crippen LogP contribution in [0.2, 0.25) is 0 Å². The lowest BCUT2D eigenvalue weighted by Crippen LogP contribution is -2.09. The number of pyridine rings is 1. The van der Waals surface area contributed by atoms with E-state index in [1.165, 1.54) is 0 Å². The first kappa shape index (κ1) is 12.7. The minimum absolute atomic E-state index is 0.0849. The molecule has 0 N–H and O–H groups in total. The van der Waals surface area contributed by atoms with Crippen LogP contribution in [0.4, 0.5) is 13.2 Å². The van der Waals surface area contributed by atoms with Crippen LogP contribution in [-0.2, 0) is 6.18 Å². The van der Waals surface area contributed by atoms with Crippen molar-refractivity contribution in [3.8, 4) is 0 Å². The first-order valence-electron chi connectivity index (χ1n) is 4.87. The number of Topliss-reactive ketones (excluding diaryl/α,β-unsaturated/α-hetero) is 1. The predicted molar refractivity (Wildman–Crippen MR) is 53.0 cm³/mol. The number of alkyl halides is 3. The molecule has 0 atom stereocenters. The van der Waals surface area contributed by atoms with Crippen molar-refractivity contribution in [2.24, 2.45) is 5.92 Å². The van der Waals surface area contributed by atoms with Crippen molar-refractivity contribution in [2.75, 3.05) is 0 Å². The molecule has 0 aromatic carbocycles. The van der Waals surface area contributed by atoms with Gasteiger partial charge in [0.25, 0.3) is 0 Å². The average molecular weight is 231 g/mol. The van der Waals surface area contributed by atoms with Crippen molar-refractivity contribution in [1.82, 2.24) is 4.98 Å². The Morgan fingerprint density at radius 1 is 1.38 bits per heavy atom. The van der Waals surface area contributed by atoms with Crippen molar-refractivity contribution >= 4 is 5.78 Å². The topological polar surface area (TPSA) is 30.0 Å². The lowest BCUT2D eigenvalue weighted by molar-refractivity contribution is -0.137. The van der Waals surface area contributed by atoms with Gasteiger partial charge < -0.3 is 0 Å². The van der Waals surface area contributed by atoms with Crippen LogP contribution >= 0.6 is 0 Å². The summed E-state index contributed by atoms with van der Waals surface area (Å²) in [6.07, 6.45) is -3.43. The van der Waals surface area contributed by atoms with E-state index >= 15 is 0 Å². The summed E-state index contributed by atoms with van der Waals surface area (Å²) in [6, 6.07) is 1.99. The third-order valence-electron chi connectivity index (χ3n) is 1.97. The summed E-state index contributed by atoms with van der Waals surface area (Å²) in [6.45, 7) is 3.73. The maximum atomic E-state index is 12.2. The van der Waals surface area contributed by atoms with Crippen LogP contribution in [0.3, 0.4) is 0 Å². The van der Waals surface area contributed by atoms with Gasteiger partial charge in [0.05, 0.1) is 5.56 Å². The summed E-state index contributed by atoms with van der Waals surface area (Å²) in [5.41, 5.74) is -0.754. The summed E-state index contributed by atoms with van der Waals surface area (Å²) in [4.78, 5) is 15.0. The highest BCUT2D eigenvalue weighted by Gasteiger charge is 2.30. The van der Waals surface area contributed by atoms with E-state index in [2.05, 4.69) is 4.98 Å². The largest absolute Gasteiger partial charge is 0.417 e. The van der Waals surface area contributed by atoms with Gasteiger partial charge in [-0.15, -0.1) is 0 Å².